The highest BCUT2D eigenvalue weighted by molar-refractivity contribution is 6.07. The van der Waals surface area contributed by atoms with Crippen LogP contribution in [0.4, 0.5) is 5.69 Å². The molecule has 0 fully saturated rings. The molecule has 0 atom stereocenters. The summed E-state index contributed by atoms with van der Waals surface area (Å²) in [7, 11) is 3.76. The van der Waals surface area contributed by atoms with Gasteiger partial charge in [-0.05, 0) is 50.0 Å². The predicted octanol–water partition coefficient (Wildman–Crippen LogP) is 0.629. The number of anilines is 1. The summed E-state index contributed by atoms with van der Waals surface area (Å²) in [5.41, 5.74) is 6.20. The second-order valence-corrected chi connectivity index (χ2v) is 6.60. The number of nitrogens with two attached hydrogens (primary N) is 1. The number of primary amides is 1. The molecule has 5 N–H and O–H groups in total. The molecule has 0 aliphatic carbocycles. The zero-order valence-electron chi connectivity index (χ0n) is 15.3. The van der Waals surface area contributed by atoms with Crippen LogP contribution in [0.5, 0.6) is 0 Å². The molecule has 0 aliphatic rings. The Morgan fingerprint density at radius 2 is 1.75 bits per heavy atom. The second kappa shape index (κ2) is 7.49. The number of carbonyl (C=O) groups is 2. The van der Waals surface area contributed by atoms with E-state index in [1.165, 1.54) is 24.3 Å². The van der Waals surface area contributed by atoms with Gasteiger partial charge in [0.25, 0.3) is 11.5 Å². The zero-order chi connectivity index (χ0) is 20.4. The first-order chi connectivity index (χ1) is 13.2. The summed E-state index contributed by atoms with van der Waals surface area (Å²) in [4.78, 5) is 54.1. The second-order valence-electron chi connectivity index (χ2n) is 6.60. The van der Waals surface area contributed by atoms with Gasteiger partial charge in [-0.15, -0.1) is 0 Å². The van der Waals surface area contributed by atoms with Crippen LogP contribution in [0.25, 0.3) is 10.9 Å². The minimum Gasteiger partial charge on any atom is -0.366 e. The van der Waals surface area contributed by atoms with Crippen LogP contribution in [-0.2, 0) is 6.54 Å². The third-order valence-electron chi connectivity index (χ3n) is 4.13. The molecule has 2 aromatic carbocycles. The molecule has 0 unspecified atom stereocenters. The summed E-state index contributed by atoms with van der Waals surface area (Å²) in [6.07, 6.45) is 0. The van der Waals surface area contributed by atoms with E-state index in [1.54, 1.807) is 12.1 Å². The van der Waals surface area contributed by atoms with E-state index in [4.69, 9.17) is 5.73 Å². The summed E-state index contributed by atoms with van der Waals surface area (Å²) in [5.74, 6) is -1.07. The first-order valence-corrected chi connectivity index (χ1v) is 8.40. The molecule has 144 valence electrons. The maximum atomic E-state index is 12.7. The van der Waals surface area contributed by atoms with Gasteiger partial charge in [-0.25, -0.2) is 4.79 Å². The molecule has 0 radical (unpaired) electrons. The molecule has 28 heavy (non-hydrogen) atoms. The number of carbonyl (C=O) groups excluding carboxylic acids is 2. The standard InChI is InChI=1S/C19H19N5O4/c1-24(2)9-12-4-3-10(16(20)25)8-15(12)21-17(26)11-5-6-14-13(7-11)18(27)23-19(28)22-14/h3-8H,9H2,1-2H3,(H2,20,25)(H,21,26)(H2,22,23,27,28). The summed E-state index contributed by atoms with van der Waals surface area (Å²) < 4.78 is 0. The van der Waals surface area contributed by atoms with E-state index < -0.39 is 23.1 Å². The van der Waals surface area contributed by atoms with E-state index in [2.05, 4.69) is 15.3 Å². The Morgan fingerprint density at radius 3 is 2.43 bits per heavy atom. The highest BCUT2D eigenvalue weighted by atomic mass is 16.2. The summed E-state index contributed by atoms with van der Waals surface area (Å²) in [5, 5.41) is 2.95. The van der Waals surface area contributed by atoms with Gasteiger partial charge in [0.2, 0.25) is 5.91 Å². The molecular weight excluding hydrogens is 362 g/mol. The fourth-order valence-corrected chi connectivity index (χ4v) is 2.83. The smallest absolute Gasteiger partial charge is 0.326 e. The van der Waals surface area contributed by atoms with Crippen molar-refractivity contribution in [2.24, 2.45) is 5.73 Å². The van der Waals surface area contributed by atoms with Gasteiger partial charge in [-0.2, -0.15) is 0 Å². The lowest BCUT2D eigenvalue weighted by Crippen LogP contribution is -2.22. The Bertz CT molecular complexity index is 1190. The van der Waals surface area contributed by atoms with Gasteiger partial charge in [0.05, 0.1) is 10.9 Å². The molecule has 3 aromatic rings. The van der Waals surface area contributed by atoms with Crippen LogP contribution in [0.15, 0.2) is 46.0 Å². The molecule has 1 aromatic heterocycles. The molecule has 9 nitrogen and oxygen atoms in total. The van der Waals surface area contributed by atoms with Crippen molar-refractivity contribution in [3.05, 3.63) is 73.9 Å². The average Bonchev–Trinajstić information content (AvgIpc) is 2.62. The first kappa shape index (κ1) is 19.1. The number of H-pyrrole nitrogens is 2. The normalized spacial score (nSPS) is 11.0. The van der Waals surface area contributed by atoms with E-state index in [1.807, 2.05) is 19.0 Å². The monoisotopic (exact) mass is 381 g/mol. The molecule has 0 aliphatic heterocycles. The Morgan fingerprint density at radius 1 is 1.04 bits per heavy atom. The van der Waals surface area contributed by atoms with Gasteiger partial charge in [-0.1, -0.05) is 6.07 Å². The number of aromatic amines is 2. The third kappa shape index (κ3) is 3.99. The highest BCUT2D eigenvalue weighted by Gasteiger charge is 2.14. The topological polar surface area (TPSA) is 141 Å². The van der Waals surface area contributed by atoms with Gasteiger partial charge >= 0.3 is 5.69 Å². The van der Waals surface area contributed by atoms with Gasteiger partial charge in [0.15, 0.2) is 0 Å². The van der Waals surface area contributed by atoms with Crippen LogP contribution < -0.4 is 22.3 Å². The van der Waals surface area contributed by atoms with Crippen molar-refractivity contribution in [2.45, 2.75) is 6.54 Å². The number of benzene rings is 2. The van der Waals surface area contributed by atoms with E-state index >= 15 is 0 Å². The van der Waals surface area contributed by atoms with E-state index in [-0.39, 0.29) is 16.5 Å². The fourth-order valence-electron chi connectivity index (χ4n) is 2.83. The average molecular weight is 381 g/mol. The molecule has 1 heterocycles. The van der Waals surface area contributed by atoms with Crippen LogP contribution in [0.1, 0.15) is 26.3 Å². The van der Waals surface area contributed by atoms with Crippen molar-refractivity contribution in [2.75, 3.05) is 19.4 Å². The van der Waals surface area contributed by atoms with Crippen molar-refractivity contribution in [1.82, 2.24) is 14.9 Å². The SMILES string of the molecule is CN(C)Cc1ccc(C(N)=O)cc1NC(=O)c1ccc2[nH]c(=O)[nH]c(=O)c2c1. The van der Waals surface area contributed by atoms with Crippen molar-refractivity contribution in [3.8, 4) is 0 Å². The molecule has 0 saturated heterocycles. The van der Waals surface area contributed by atoms with Crippen LogP contribution in [-0.4, -0.2) is 40.8 Å². The first-order valence-electron chi connectivity index (χ1n) is 8.40. The van der Waals surface area contributed by atoms with Gasteiger partial charge < -0.3 is 20.9 Å². The maximum absolute atomic E-state index is 12.7. The van der Waals surface area contributed by atoms with Crippen LogP contribution in [0, 0.1) is 0 Å². The molecule has 0 bridgehead atoms. The Labute approximate surface area is 159 Å². The Balaban J connectivity index is 1.99. The number of nitrogens with one attached hydrogen (secondary N) is 3. The van der Waals surface area contributed by atoms with E-state index in [0.29, 0.717) is 17.7 Å². The summed E-state index contributed by atoms with van der Waals surface area (Å²) >= 11 is 0. The lowest BCUT2D eigenvalue weighted by Gasteiger charge is -2.16. The number of aromatic nitrogens is 2. The van der Waals surface area contributed by atoms with Crippen molar-refractivity contribution in [3.63, 3.8) is 0 Å². The van der Waals surface area contributed by atoms with Crippen LogP contribution in [0.3, 0.4) is 0 Å². The quantitative estimate of drug-likeness (QED) is 0.513. The largest absolute Gasteiger partial charge is 0.366 e. The highest BCUT2D eigenvalue weighted by Crippen LogP contribution is 2.21. The van der Waals surface area contributed by atoms with E-state index in [0.717, 1.165) is 5.56 Å². The van der Waals surface area contributed by atoms with Gasteiger partial charge in [0.1, 0.15) is 0 Å². The van der Waals surface area contributed by atoms with Crippen molar-refractivity contribution in [1.29, 1.82) is 0 Å². The Hall–Kier alpha value is -3.72. The summed E-state index contributed by atoms with van der Waals surface area (Å²) in [6.45, 7) is 0.535. The molecule has 0 spiro atoms. The van der Waals surface area contributed by atoms with Crippen molar-refractivity contribution < 1.29 is 9.59 Å². The van der Waals surface area contributed by atoms with Gasteiger partial charge in [0, 0.05) is 23.4 Å². The maximum Gasteiger partial charge on any atom is 0.326 e. The zero-order valence-corrected chi connectivity index (χ0v) is 15.3. The minimum atomic E-state index is -0.619. The lowest BCUT2D eigenvalue weighted by molar-refractivity contribution is 0.0996. The van der Waals surface area contributed by atoms with Crippen LogP contribution >= 0.6 is 0 Å². The van der Waals surface area contributed by atoms with Crippen molar-refractivity contribution >= 4 is 28.4 Å². The predicted molar refractivity (Wildman–Crippen MR) is 105 cm³/mol. The van der Waals surface area contributed by atoms with Gasteiger partial charge in [-0.3, -0.25) is 19.4 Å². The fraction of sp³-hybridized carbons (Fsp3) is 0.158. The molecule has 3 rings (SSSR count). The summed E-state index contributed by atoms with van der Waals surface area (Å²) in [6, 6.07) is 9.22. The third-order valence-corrected chi connectivity index (χ3v) is 4.13. The Kier molecular flexibility index (Phi) is 5.10. The molecule has 2 amide bonds. The number of nitrogens with zero attached hydrogens (tertiary/aromatic N) is 1. The number of rotatable bonds is 5. The van der Waals surface area contributed by atoms with Crippen LogP contribution in [0.2, 0.25) is 0 Å². The molecular formula is C19H19N5O4. The number of hydrogen-bond acceptors (Lipinski definition) is 5. The van der Waals surface area contributed by atoms with E-state index in [9.17, 15) is 19.2 Å². The number of fused-ring (bicyclic) bond motifs is 1. The minimum absolute atomic E-state index is 0.187. The lowest BCUT2D eigenvalue weighted by atomic mass is 10.1. The molecule has 9 heteroatoms. The number of hydrogen-bond donors (Lipinski definition) is 4. The molecule has 0 saturated carbocycles. The number of amides is 2.